The normalized spacial score (nSPS) is 10.8. The highest BCUT2D eigenvalue weighted by Gasteiger charge is 2.51. The van der Waals surface area contributed by atoms with Crippen LogP contribution in [-0.2, 0) is 28.5 Å². The molecule has 0 fully saturated rings. The van der Waals surface area contributed by atoms with Gasteiger partial charge in [0.2, 0.25) is 0 Å². The molecule has 0 aliphatic heterocycles. The fourth-order valence-corrected chi connectivity index (χ4v) is 2.35. The monoisotopic (exact) mass is 412 g/mol. The van der Waals surface area contributed by atoms with Gasteiger partial charge in [-0.15, -0.1) is 0 Å². The largest absolute Gasteiger partial charge is 0.462 e. The van der Waals surface area contributed by atoms with Gasteiger partial charge >= 0.3 is 23.6 Å². The summed E-state index contributed by atoms with van der Waals surface area (Å²) < 4.78 is 20.2. The molecule has 0 amide bonds. The second-order valence-electron chi connectivity index (χ2n) is 5.39. The number of nitrogens with zero attached hydrogens (tertiary/aromatic N) is 1. The topological polar surface area (TPSA) is 143 Å². The van der Waals surface area contributed by atoms with Crippen molar-refractivity contribution in [2.45, 2.75) is 33.4 Å². The summed E-state index contributed by atoms with van der Waals surface area (Å²) in [5, 5.41) is 13.7. The highest BCUT2D eigenvalue weighted by atomic mass is 16.6. The van der Waals surface area contributed by atoms with E-state index in [-0.39, 0.29) is 37.7 Å². The fourth-order valence-electron chi connectivity index (χ4n) is 2.35. The highest BCUT2D eigenvalue weighted by molar-refractivity contribution is 6.07. The first-order valence-corrected chi connectivity index (χ1v) is 8.99. The summed E-state index contributed by atoms with van der Waals surface area (Å²) in [7, 11) is 0. The van der Waals surface area contributed by atoms with Crippen molar-refractivity contribution in [3.05, 3.63) is 33.9 Å². The molecule has 0 aromatic heterocycles. The number of ether oxygens (including phenoxy) is 4. The first-order valence-electron chi connectivity index (χ1n) is 8.99. The third kappa shape index (κ3) is 5.64. The van der Waals surface area contributed by atoms with Crippen molar-refractivity contribution in [1.82, 2.24) is 0 Å². The zero-order chi connectivity index (χ0) is 22.0. The number of nitro benzene ring substituents is 1. The fraction of sp³-hybridized carbons (Fsp3) is 0.500. The number of carbonyl (C=O) groups is 3. The third-order valence-corrected chi connectivity index (χ3v) is 3.51. The summed E-state index contributed by atoms with van der Waals surface area (Å²) in [5.41, 5.74) is -3.24. The lowest BCUT2D eigenvalue weighted by atomic mass is 10.1. The van der Waals surface area contributed by atoms with Crippen molar-refractivity contribution in [3.8, 4) is 0 Å². The minimum Gasteiger partial charge on any atom is -0.462 e. The first kappa shape index (κ1) is 23.8. The molecule has 0 heterocycles. The molecule has 1 aromatic rings. The second-order valence-corrected chi connectivity index (χ2v) is 5.39. The number of anilines is 1. The van der Waals surface area contributed by atoms with Crippen LogP contribution in [0.4, 0.5) is 11.4 Å². The van der Waals surface area contributed by atoms with Crippen LogP contribution in [0.25, 0.3) is 0 Å². The smallest absolute Gasteiger partial charge is 0.372 e. The molecule has 11 heteroatoms. The molecule has 0 radical (unpaired) electrons. The van der Waals surface area contributed by atoms with E-state index >= 15 is 0 Å². The van der Waals surface area contributed by atoms with Crippen LogP contribution in [-0.4, -0.2) is 55.0 Å². The quantitative estimate of drug-likeness (QED) is 0.143. The Labute approximate surface area is 167 Å². The van der Waals surface area contributed by atoms with E-state index in [2.05, 4.69) is 5.32 Å². The van der Waals surface area contributed by atoms with Crippen LogP contribution in [0.5, 0.6) is 0 Å². The molecule has 29 heavy (non-hydrogen) atoms. The van der Waals surface area contributed by atoms with E-state index in [1.807, 2.05) is 0 Å². The predicted molar refractivity (Wildman–Crippen MR) is 100 cm³/mol. The minimum atomic E-state index is -2.47. The summed E-state index contributed by atoms with van der Waals surface area (Å²) in [6.45, 7) is 5.93. The third-order valence-electron chi connectivity index (χ3n) is 3.51. The first-order chi connectivity index (χ1) is 13.8. The van der Waals surface area contributed by atoms with Gasteiger partial charge in [-0.2, -0.15) is 0 Å². The van der Waals surface area contributed by atoms with Crippen LogP contribution in [0, 0.1) is 10.1 Å². The zero-order valence-electron chi connectivity index (χ0n) is 16.7. The van der Waals surface area contributed by atoms with Crippen molar-refractivity contribution in [1.29, 1.82) is 0 Å². The van der Waals surface area contributed by atoms with Gasteiger partial charge in [0.05, 0.1) is 36.0 Å². The molecule has 0 aliphatic rings. The molecular weight excluding hydrogens is 388 g/mol. The van der Waals surface area contributed by atoms with E-state index in [9.17, 15) is 24.5 Å². The number of non-ortho nitro benzene ring substituents is 1. The SMILES string of the molecule is CCOC(=O)c1ccc([N+](=O)[O-])cc1NC(OCC)(C(=O)OCC)C(=O)OCC. The lowest BCUT2D eigenvalue weighted by molar-refractivity contribution is -0.384. The van der Waals surface area contributed by atoms with Gasteiger partial charge < -0.3 is 24.3 Å². The lowest BCUT2D eigenvalue weighted by Gasteiger charge is -2.30. The number of nitro groups is 1. The van der Waals surface area contributed by atoms with Crippen LogP contribution in [0.15, 0.2) is 18.2 Å². The molecule has 160 valence electrons. The number of nitrogens with one attached hydrogen (secondary N) is 1. The van der Waals surface area contributed by atoms with Crippen LogP contribution in [0.1, 0.15) is 38.1 Å². The Kier molecular flexibility index (Phi) is 9.00. The van der Waals surface area contributed by atoms with E-state index < -0.39 is 34.2 Å². The summed E-state index contributed by atoms with van der Waals surface area (Å²) >= 11 is 0. The molecule has 1 aromatic carbocycles. The number of hydrogen-bond acceptors (Lipinski definition) is 10. The van der Waals surface area contributed by atoms with Gasteiger partial charge in [-0.25, -0.2) is 14.4 Å². The van der Waals surface area contributed by atoms with Gasteiger partial charge in [0, 0.05) is 18.7 Å². The van der Waals surface area contributed by atoms with Gasteiger partial charge in [-0.1, -0.05) is 0 Å². The highest BCUT2D eigenvalue weighted by Crippen LogP contribution is 2.28. The van der Waals surface area contributed by atoms with Crippen molar-refractivity contribution in [2.75, 3.05) is 31.7 Å². The Morgan fingerprint density at radius 2 is 1.52 bits per heavy atom. The standard InChI is InChI=1S/C18H24N2O9/c1-5-26-15(21)13-10-9-12(20(24)25)11-14(13)19-18(29-8-4,16(22)27-6-2)17(23)28-7-3/h9-11,19H,5-8H2,1-4H3. The molecular formula is C18H24N2O9. The van der Waals surface area contributed by atoms with E-state index in [1.54, 1.807) is 6.92 Å². The molecule has 1 N–H and O–H groups in total. The van der Waals surface area contributed by atoms with Gasteiger partial charge in [0.25, 0.3) is 5.69 Å². The Morgan fingerprint density at radius 1 is 0.966 bits per heavy atom. The molecule has 1 rings (SSSR count). The summed E-state index contributed by atoms with van der Waals surface area (Å²) in [5.74, 6) is -3.06. The Morgan fingerprint density at radius 3 is 1.97 bits per heavy atom. The minimum absolute atomic E-state index is 0.0433. The summed E-state index contributed by atoms with van der Waals surface area (Å²) in [6, 6.07) is 3.22. The summed E-state index contributed by atoms with van der Waals surface area (Å²) in [6.07, 6.45) is 0. The van der Waals surface area contributed by atoms with Gasteiger partial charge in [-0.05, 0) is 33.8 Å². The Hall–Kier alpha value is -3.21. The molecule has 0 aliphatic carbocycles. The van der Waals surface area contributed by atoms with Crippen molar-refractivity contribution < 1.29 is 38.3 Å². The molecule has 0 atom stereocenters. The van der Waals surface area contributed by atoms with E-state index in [1.165, 1.54) is 20.8 Å². The van der Waals surface area contributed by atoms with Crippen molar-refractivity contribution in [2.24, 2.45) is 0 Å². The van der Waals surface area contributed by atoms with E-state index in [0.29, 0.717) is 0 Å². The van der Waals surface area contributed by atoms with Crippen LogP contribution in [0.3, 0.4) is 0 Å². The average molecular weight is 412 g/mol. The predicted octanol–water partition coefficient (Wildman–Crippen LogP) is 2.04. The maximum absolute atomic E-state index is 12.6. The summed E-state index contributed by atoms with van der Waals surface area (Å²) in [4.78, 5) is 48.0. The Bertz CT molecular complexity index is 746. The molecule has 0 unspecified atom stereocenters. The van der Waals surface area contributed by atoms with Crippen LogP contribution >= 0.6 is 0 Å². The van der Waals surface area contributed by atoms with E-state index in [0.717, 1.165) is 18.2 Å². The Balaban J connectivity index is 3.61. The number of benzene rings is 1. The number of carbonyl (C=O) groups excluding carboxylic acids is 3. The van der Waals surface area contributed by atoms with Gasteiger partial charge in [0.1, 0.15) is 0 Å². The lowest BCUT2D eigenvalue weighted by Crippen LogP contribution is -2.57. The maximum Gasteiger partial charge on any atom is 0.372 e. The molecule has 0 saturated carbocycles. The van der Waals surface area contributed by atoms with Gasteiger partial charge in [-0.3, -0.25) is 10.1 Å². The van der Waals surface area contributed by atoms with Crippen molar-refractivity contribution in [3.63, 3.8) is 0 Å². The second kappa shape index (κ2) is 11.0. The number of hydrogen-bond donors (Lipinski definition) is 1. The molecule has 0 bridgehead atoms. The van der Waals surface area contributed by atoms with E-state index in [4.69, 9.17) is 18.9 Å². The number of esters is 3. The number of rotatable bonds is 11. The maximum atomic E-state index is 12.6. The van der Waals surface area contributed by atoms with Gasteiger partial charge in [0.15, 0.2) is 0 Å². The average Bonchev–Trinajstić information content (AvgIpc) is 2.67. The van der Waals surface area contributed by atoms with Crippen LogP contribution < -0.4 is 5.32 Å². The van der Waals surface area contributed by atoms with Crippen molar-refractivity contribution >= 4 is 29.3 Å². The van der Waals surface area contributed by atoms with Crippen LogP contribution in [0.2, 0.25) is 0 Å². The molecule has 0 spiro atoms. The zero-order valence-corrected chi connectivity index (χ0v) is 16.7. The molecule has 0 saturated heterocycles. The molecule has 11 nitrogen and oxygen atoms in total.